The van der Waals surface area contributed by atoms with Crippen LogP contribution in [-0.4, -0.2) is 26.8 Å². The van der Waals surface area contributed by atoms with E-state index >= 15 is 0 Å². The summed E-state index contributed by atoms with van der Waals surface area (Å²) in [4.78, 5) is 0.338. The van der Waals surface area contributed by atoms with E-state index in [0.717, 1.165) is 5.56 Å². The summed E-state index contributed by atoms with van der Waals surface area (Å²) in [5.41, 5.74) is 12.3. The molecule has 0 bridgehead atoms. The standard InChI is InChI=1S/C17H20N2O2S/c18-11-17(12-19)15(13-7-3-1-4-8-13)16(17)22(20,21)14-9-5-2-6-10-14/h1-10,15-16H,11-12,18-19H2. The average Bonchev–Trinajstić information content (AvgIpc) is 3.27. The van der Waals surface area contributed by atoms with Gasteiger partial charge in [-0.15, -0.1) is 0 Å². The summed E-state index contributed by atoms with van der Waals surface area (Å²) < 4.78 is 26.0. The molecule has 2 unspecified atom stereocenters. The minimum Gasteiger partial charge on any atom is -0.330 e. The minimum absolute atomic E-state index is 0.145. The molecule has 4 nitrogen and oxygen atoms in total. The van der Waals surface area contributed by atoms with Gasteiger partial charge in [0.25, 0.3) is 0 Å². The maximum absolute atomic E-state index is 13.0. The van der Waals surface area contributed by atoms with Crippen molar-refractivity contribution in [1.29, 1.82) is 0 Å². The summed E-state index contributed by atoms with van der Waals surface area (Å²) in [6.45, 7) is 0.527. The van der Waals surface area contributed by atoms with Gasteiger partial charge in [-0.05, 0) is 17.7 Å². The molecule has 2 aromatic carbocycles. The van der Waals surface area contributed by atoms with Crippen molar-refractivity contribution in [2.45, 2.75) is 16.1 Å². The Hall–Kier alpha value is -1.69. The topological polar surface area (TPSA) is 86.2 Å². The third kappa shape index (κ3) is 2.17. The molecule has 2 atom stereocenters. The molecule has 5 heteroatoms. The van der Waals surface area contributed by atoms with Crippen molar-refractivity contribution >= 4 is 9.84 Å². The van der Waals surface area contributed by atoms with Crippen LogP contribution in [0.4, 0.5) is 0 Å². The van der Waals surface area contributed by atoms with Crippen LogP contribution in [0.25, 0.3) is 0 Å². The molecule has 0 aromatic heterocycles. The predicted molar refractivity (Wildman–Crippen MR) is 87.1 cm³/mol. The Morgan fingerprint density at radius 3 is 1.86 bits per heavy atom. The van der Waals surface area contributed by atoms with Gasteiger partial charge < -0.3 is 11.5 Å². The van der Waals surface area contributed by atoms with E-state index in [9.17, 15) is 8.42 Å². The fourth-order valence-electron chi connectivity index (χ4n) is 3.43. The van der Waals surface area contributed by atoms with E-state index < -0.39 is 20.5 Å². The van der Waals surface area contributed by atoms with E-state index in [1.54, 1.807) is 30.3 Å². The highest BCUT2D eigenvalue weighted by Crippen LogP contribution is 2.62. The van der Waals surface area contributed by atoms with Crippen LogP contribution >= 0.6 is 0 Å². The lowest BCUT2D eigenvalue weighted by Gasteiger charge is -2.12. The highest BCUT2D eigenvalue weighted by atomic mass is 32.2. The summed E-state index contributed by atoms with van der Waals surface area (Å²) in [7, 11) is -3.45. The van der Waals surface area contributed by atoms with Gasteiger partial charge in [0.05, 0.1) is 10.1 Å². The molecule has 0 amide bonds. The van der Waals surface area contributed by atoms with Gasteiger partial charge in [0.15, 0.2) is 9.84 Å². The van der Waals surface area contributed by atoms with Crippen molar-refractivity contribution in [2.75, 3.05) is 13.1 Å². The number of hydrogen-bond acceptors (Lipinski definition) is 4. The number of hydrogen-bond donors (Lipinski definition) is 2. The van der Waals surface area contributed by atoms with E-state index in [2.05, 4.69) is 0 Å². The van der Waals surface area contributed by atoms with Crippen molar-refractivity contribution in [3.8, 4) is 0 Å². The third-order valence-electron chi connectivity index (χ3n) is 4.70. The monoisotopic (exact) mass is 316 g/mol. The van der Waals surface area contributed by atoms with Gasteiger partial charge in [0, 0.05) is 24.4 Å². The Morgan fingerprint density at radius 1 is 0.864 bits per heavy atom. The largest absolute Gasteiger partial charge is 0.330 e. The van der Waals surface area contributed by atoms with Crippen molar-refractivity contribution < 1.29 is 8.42 Å². The summed E-state index contributed by atoms with van der Waals surface area (Å²) >= 11 is 0. The van der Waals surface area contributed by atoms with Gasteiger partial charge in [0.2, 0.25) is 0 Å². The predicted octanol–water partition coefficient (Wildman–Crippen LogP) is 1.53. The molecule has 0 saturated heterocycles. The van der Waals surface area contributed by atoms with Gasteiger partial charge in [-0.2, -0.15) is 0 Å². The van der Waals surface area contributed by atoms with Gasteiger partial charge in [0.1, 0.15) is 0 Å². The highest BCUT2D eigenvalue weighted by molar-refractivity contribution is 7.92. The van der Waals surface area contributed by atoms with Gasteiger partial charge in [-0.25, -0.2) is 8.42 Å². The molecule has 22 heavy (non-hydrogen) atoms. The maximum atomic E-state index is 13.0. The molecule has 3 rings (SSSR count). The average molecular weight is 316 g/mol. The summed E-state index contributed by atoms with van der Waals surface area (Å²) in [6.07, 6.45) is 0. The first-order valence-corrected chi connectivity index (χ1v) is 8.86. The molecule has 0 aliphatic heterocycles. The first-order valence-electron chi connectivity index (χ1n) is 7.32. The quantitative estimate of drug-likeness (QED) is 0.876. The Morgan fingerprint density at radius 2 is 1.36 bits per heavy atom. The zero-order valence-electron chi connectivity index (χ0n) is 12.2. The zero-order valence-corrected chi connectivity index (χ0v) is 13.0. The number of nitrogens with two attached hydrogens (primary N) is 2. The lowest BCUT2D eigenvalue weighted by Crippen LogP contribution is -2.31. The Kier molecular flexibility index (Phi) is 3.80. The second-order valence-corrected chi connectivity index (χ2v) is 7.88. The fraction of sp³-hybridized carbons (Fsp3) is 0.294. The second kappa shape index (κ2) is 5.50. The molecular formula is C17H20N2O2S. The summed E-state index contributed by atoms with van der Waals surface area (Å²) in [5, 5.41) is -0.556. The first-order chi connectivity index (χ1) is 10.6. The van der Waals surface area contributed by atoms with Crippen LogP contribution in [0.1, 0.15) is 11.5 Å². The Labute approximate surface area is 131 Å². The molecule has 0 radical (unpaired) electrons. The van der Waals surface area contributed by atoms with E-state index in [1.165, 1.54) is 0 Å². The second-order valence-electron chi connectivity index (χ2n) is 5.81. The molecule has 1 fully saturated rings. The van der Waals surface area contributed by atoms with Crippen molar-refractivity contribution in [1.82, 2.24) is 0 Å². The van der Waals surface area contributed by atoms with E-state index in [-0.39, 0.29) is 19.0 Å². The summed E-state index contributed by atoms with van der Waals surface area (Å²) in [5.74, 6) is -0.145. The van der Waals surface area contributed by atoms with Gasteiger partial charge in [-0.3, -0.25) is 0 Å². The van der Waals surface area contributed by atoms with Gasteiger partial charge in [-0.1, -0.05) is 48.5 Å². The lowest BCUT2D eigenvalue weighted by molar-refractivity contribution is 0.510. The highest BCUT2D eigenvalue weighted by Gasteiger charge is 2.69. The Bertz CT molecular complexity index is 741. The normalized spacial score (nSPS) is 23.2. The van der Waals surface area contributed by atoms with Gasteiger partial charge >= 0.3 is 0 Å². The SMILES string of the molecule is NCC1(CN)C(c2ccccc2)C1S(=O)(=O)c1ccccc1. The smallest absolute Gasteiger partial charge is 0.182 e. The van der Waals surface area contributed by atoms with Crippen molar-refractivity contribution in [3.63, 3.8) is 0 Å². The minimum atomic E-state index is -3.45. The number of rotatable bonds is 5. The summed E-state index contributed by atoms with van der Waals surface area (Å²) in [6, 6.07) is 18.2. The Balaban J connectivity index is 2.06. The van der Waals surface area contributed by atoms with Crippen LogP contribution in [0.15, 0.2) is 65.6 Å². The van der Waals surface area contributed by atoms with E-state index in [4.69, 9.17) is 11.5 Å². The molecule has 0 spiro atoms. The first kappa shape index (κ1) is 15.2. The van der Waals surface area contributed by atoms with E-state index in [0.29, 0.717) is 4.90 Å². The molecule has 1 aliphatic rings. The van der Waals surface area contributed by atoms with Crippen LogP contribution in [0.3, 0.4) is 0 Å². The lowest BCUT2D eigenvalue weighted by atomic mass is 9.99. The van der Waals surface area contributed by atoms with Crippen LogP contribution in [-0.2, 0) is 9.84 Å². The molecular weight excluding hydrogens is 296 g/mol. The molecule has 0 heterocycles. The van der Waals surface area contributed by atoms with Crippen molar-refractivity contribution in [2.24, 2.45) is 16.9 Å². The maximum Gasteiger partial charge on any atom is 0.182 e. The molecule has 4 N–H and O–H groups in total. The van der Waals surface area contributed by atoms with Crippen LogP contribution < -0.4 is 11.5 Å². The van der Waals surface area contributed by atoms with Crippen LogP contribution in [0, 0.1) is 5.41 Å². The molecule has 116 valence electrons. The number of benzene rings is 2. The third-order valence-corrected chi connectivity index (χ3v) is 7.04. The fourth-order valence-corrected chi connectivity index (χ4v) is 5.93. The molecule has 1 saturated carbocycles. The molecule has 2 aromatic rings. The van der Waals surface area contributed by atoms with Crippen LogP contribution in [0.5, 0.6) is 0 Å². The van der Waals surface area contributed by atoms with Crippen LogP contribution in [0.2, 0.25) is 0 Å². The molecule has 1 aliphatic carbocycles. The number of sulfone groups is 1. The van der Waals surface area contributed by atoms with Crippen molar-refractivity contribution in [3.05, 3.63) is 66.2 Å². The zero-order chi connectivity index (χ0) is 15.8. The van der Waals surface area contributed by atoms with E-state index in [1.807, 2.05) is 30.3 Å².